The van der Waals surface area contributed by atoms with Gasteiger partial charge in [0.1, 0.15) is 0 Å². The molecule has 0 bridgehead atoms. The van der Waals surface area contributed by atoms with Crippen molar-refractivity contribution < 1.29 is 0 Å². The number of fused-ring (bicyclic) bond motifs is 10. The molecule has 1 aromatic heterocycles. The summed E-state index contributed by atoms with van der Waals surface area (Å²) in [5.74, 6) is 0. The van der Waals surface area contributed by atoms with Gasteiger partial charge in [-0.15, -0.1) is 0 Å². The Morgan fingerprint density at radius 2 is 0.929 bits per heavy atom. The van der Waals surface area contributed by atoms with Crippen molar-refractivity contribution in [1.29, 1.82) is 0 Å². The minimum absolute atomic E-state index is 1.28. The highest BCUT2D eigenvalue weighted by Crippen LogP contribution is 2.49. The fourth-order valence-corrected chi connectivity index (χ4v) is 4.73. The van der Waals surface area contributed by atoms with Gasteiger partial charge in [-0.25, -0.2) is 0 Å². The normalized spacial score (nSPS) is 11.8. The van der Waals surface area contributed by atoms with E-state index in [1.54, 1.807) is 0 Å². The van der Waals surface area contributed by atoms with Gasteiger partial charge in [-0.3, -0.25) is 0 Å². The molecule has 1 heteroatoms. The number of aromatic nitrogens is 1. The molecule has 1 aliphatic carbocycles. The predicted molar refractivity (Wildman–Crippen MR) is 118 cm³/mol. The third-order valence-corrected chi connectivity index (χ3v) is 5.96. The van der Waals surface area contributed by atoms with E-state index >= 15 is 0 Å². The van der Waals surface area contributed by atoms with Gasteiger partial charge < -0.3 is 4.57 Å². The summed E-state index contributed by atoms with van der Waals surface area (Å²) >= 11 is 0. The summed E-state index contributed by atoms with van der Waals surface area (Å²) in [5.41, 5.74) is 11.7. The molecule has 0 aliphatic heterocycles. The van der Waals surface area contributed by atoms with E-state index in [4.69, 9.17) is 0 Å². The average Bonchev–Trinajstić information content (AvgIpc) is 3.13. The first-order chi connectivity index (χ1) is 13.8. The van der Waals surface area contributed by atoms with Crippen LogP contribution in [0, 0.1) is 0 Å². The molecule has 0 fully saturated rings. The van der Waals surface area contributed by atoms with Crippen LogP contribution >= 0.6 is 0 Å². The third kappa shape index (κ3) is 2.02. The molecule has 0 N–H and O–H groups in total. The molecule has 0 spiro atoms. The minimum Gasteiger partial charge on any atom is -0.350 e. The van der Waals surface area contributed by atoms with Crippen LogP contribution in [-0.2, 0) is 7.05 Å². The molecule has 28 heavy (non-hydrogen) atoms. The van der Waals surface area contributed by atoms with Crippen LogP contribution in [-0.4, -0.2) is 4.57 Å². The fourth-order valence-electron chi connectivity index (χ4n) is 4.73. The number of nitrogens with zero attached hydrogens (tertiary/aromatic N) is 1. The van der Waals surface area contributed by atoms with Crippen molar-refractivity contribution in [2.75, 3.05) is 0 Å². The van der Waals surface area contributed by atoms with E-state index in [9.17, 15) is 0 Å². The first-order valence-corrected chi connectivity index (χ1v) is 9.69. The molecule has 6 rings (SSSR count). The van der Waals surface area contributed by atoms with Crippen molar-refractivity contribution in [3.8, 4) is 44.5 Å². The summed E-state index contributed by atoms with van der Waals surface area (Å²) in [6.45, 7) is 0. The van der Waals surface area contributed by atoms with Crippen molar-refractivity contribution in [2.45, 2.75) is 0 Å². The summed E-state index contributed by atoms with van der Waals surface area (Å²) in [7, 11) is 2.14. The van der Waals surface area contributed by atoms with Gasteiger partial charge in [0.2, 0.25) is 0 Å². The lowest BCUT2D eigenvalue weighted by Gasteiger charge is -2.24. The maximum atomic E-state index is 2.29. The molecule has 0 atom stereocenters. The highest BCUT2D eigenvalue weighted by atomic mass is 14.9. The molecule has 132 valence electrons. The molecule has 0 saturated carbocycles. The summed E-state index contributed by atoms with van der Waals surface area (Å²) in [5, 5.41) is 1.28. The van der Waals surface area contributed by atoms with Gasteiger partial charge in [-0.2, -0.15) is 0 Å². The number of rotatable bonds is 0. The maximum Gasteiger partial charge on any atom is 0.0563 e. The average molecular weight is 357 g/mol. The lowest BCUT2D eigenvalue weighted by Crippen LogP contribution is -1.99. The molecule has 1 heterocycles. The van der Waals surface area contributed by atoms with Gasteiger partial charge in [-0.05, 0) is 45.0 Å². The van der Waals surface area contributed by atoms with Gasteiger partial charge in [0.25, 0.3) is 0 Å². The van der Waals surface area contributed by atoms with Crippen molar-refractivity contribution in [1.82, 2.24) is 4.57 Å². The Morgan fingerprint density at radius 1 is 0.464 bits per heavy atom. The molecule has 1 nitrogen and oxygen atoms in total. The molecule has 0 amide bonds. The van der Waals surface area contributed by atoms with Gasteiger partial charge in [0.15, 0.2) is 0 Å². The standard InChI is InChI=1S/C27H19N/c1-28-17-16-18-14-15-25-23-12-5-4-10-21(23)19-8-2-3-9-20(19)22-11-6-7-13-24(22)26(25)27(18)28/h2-17H,1H3. The first-order valence-electron chi connectivity index (χ1n) is 9.69. The number of aryl methyl sites for hydroxylation is 1. The van der Waals surface area contributed by atoms with Crippen LogP contribution in [0.2, 0.25) is 0 Å². The molecule has 0 radical (unpaired) electrons. The SMILES string of the molecule is Cn1ccc2ccc3c(c21)-c1ccccc1-c1ccccc1-c1ccccc1-3. The van der Waals surface area contributed by atoms with Crippen molar-refractivity contribution in [2.24, 2.45) is 7.05 Å². The zero-order valence-electron chi connectivity index (χ0n) is 15.7. The predicted octanol–water partition coefficient (Wildman–Crippen LogP) is 7.16. The third-order valence-electron chi connectivity index (χ3n) is 5.96. The zero-order chi connectivity index (χ0) is 18.7. The number of hydrogen-bond acceptors (Lipinski definition) is 0. The van der Waals surface area contributed by atoms with Gasteiger partial charge in [0, 0.05) is 24.2 Å². The quantitative estimate of drug-likeness (QED) is 0.272. The maximum absolute atomic E-state index is 2.29. The topological polar surface area (TPSA) is 4.93 Å². The second-order valence-corrected chi connectivity index (χ2v) is 7.49. The Morgan fingerprint density at radius 3 is 1.50 bits per heavy atom. The Kier molecular flexibility index (Phi) is 3.15. The van der Waals surface area contributed by atoms with Crippen LogP contribution in [0.15, 0.2) is 97.2 Å². The Bertz CT molecular complexity index is 1360. The van der Waals surface area contributed by atoms with Gasteiger partial charge >= 0.3 is 0 Å². The van der Waals surface area contributed by atoms with Crippen LogP contribution in [0.1, 0.15) is 0 Å². The molecule has 0 saturated heterocycles. The lowest BCUT2D eigenvalue weighted by molar-refractivity contribution is 0.970. The highest BCUT2D eigenvalue weighted by Gasteiger charge is 2.23. The smallest absolute Gasteiger partial charge is 0.0563 e. The molecule has 1 aliphatic rings. The van der Waals surface area contributed by atoms with E-state index in [0.717, 1.165) is 0 Å². The fraction of sp³-hybridized carbons (Fsp3) is 0.0370. The van der Waals surface area contributed by atoms with E-state index in [-0.39, 0.29) is 0 Å². The molecule has 4 aromatic carbocycles. The van der Waals surface area contributed by atoms with Crippen LogP contribution in [0.3, 0.4) is 0 Å². The van der Waals surface area contributed by atoms with Gasteiger partial charge in [-0.1, -0.05) is 84.9 Å². The molecule has 5 aromatic rings. The first kappa shape index (κ1) is 15.5. The minimum atomic E-state index is 1.28. The number of benzene rings is 4. The van der Waals surface area contributed by atoms with E-state index < -0.39 is 0 Å². The summed E-state index contributed by atoms with van der Waals surface area (Å²) in [6, 6.07) is 33.2. The van der Waals surface area contributed by atoms with Crippen LogP contribution in [0.5, 0.6) is 0 Å². The Hall–Kier alpha value is -3.58. The van der Waals surface area contributed by atoms with E-state index in [1.807, 2.05) is 0 Å². The second-order valence-electron chi connectivity index (χ2n) is 7.49. The van der Waals surface area contributed by atoms with E-state index in [1.165, 1.54) is 55.4 Å². The zero-order valence-corrected chi connectivity index (χ0v) is 15.7. The summed E-state index contributed by atoms with van der Waals surface area (Å²) in [6.07, 6.45) is 2.16. The summed E-state index contributed by atoms with van der Waals surface area (Å²) < 4.78 is 2.25. The second kappa shape index (κ2) is 5.71. The van der Waals surface area contributed by atoms with Crippen molar-refractivity contribution in [3.05, 3.63) is 97.2 Å². The molecular weight excluding hydrogens is 338 g/mol. The van der Waals surface area contributed by atoms with Crippen LogP contribution < -0.4 is 0 Å². The van der Waals surface area contributed by atoms with Crippen molar-refractivity contribution in [3.63, 3.8) is 0 Å². The largest absolute Gasteiger partial charge is 0.350 e. The van der Waals surface area contributed by atoms with Gasteiger partial charge in [0.05, 0.1) is 5.52 Å². The van der Waals surface area contributed by atoms with E-state index in [2.05, 4.69) is 109 Å². The monoisotopic (exact) mass is 357 g/mol. The number of hydrogen-bond donors (Lipinski definition) is 0. The van der Waals surface area contributed by atoms with Crippen LogP contribution in [0.4, 0.5) is 0 Å². The van der Waals surface area contributed by atoms with E-state index in [0.29, 0.717) is 0 Å². The molecular formula is C27H19N. The Labute approximate surface area is 164 Å². The van der Waals surface area contributed by atoms with Crippen LogP contribution in [0.25, 0.3) is 55.4 Å². The summed E-state index contributed by atoms with van der Waals surface area (Å²) in [4.78, 5) is 0. The highest BCUT2D eigenvalue weighted by molar-refractivity contribution is 6.10. The lowest BCUT2D eigenvalue weighted by atomic mass is 9.80. The van der Waals surface area contributed by atoms with Crippen molar-refractivity contribution >= 4 is 10.9 Å². The Balaban J connectivity index is 1.90. The molecule has 0 unspecified atom stereocenters.